The van der Waals surface area contributed by atoms with Crippen molar-refractivity contribution in [2.24, 2.45) is 0 Å². The zero-order valence-corrected chi connectivity index (χ0v) is 10.5. The molecule has 100 valence electrons. The molecule has 0 saturated heterocycles. The van der Waals surface area contributed by atoms with Crippen LogP contribution in [0, 0.1) is 21.4 Å². The molecule has 0 bridgehead atoms. The van der Waals surface area contributed by atoms with Crippen LogP contribution in [0.4, 0.5) is 11.4 Å². The van der Waals surface area contributed by atoms with E-state index in [0.29, 0.717) is 25.4 Å². The minimum atomic E-state index is -0.569. The minimum absolute atomic E-state index is 0.0441. The Bertz CT molecular complexity index is 494. The van der Waals surface area contributed by atoms with E-state index in [-0.39, 0.29) is 11.3 Å². The van der Waals surface area contributed by atoms with Crippen LogP contribution < -0.4 is 5.32 Å². The fourth-order valence-corrected chi connectivity index (χ4v) is 1.43. The highest BCUT2D eigenvalue weighted by Crippen LogP contribution is 2.21. The molecule has 0 radical (unpaired) electrons. The lowest BCUT2D eigenvalue weighted by Gasteiger charge is -2.07. The maximum absolute atomic E-state index is 10.7. The molecular formula is C13H15N3O3. The van der Waals surface area contributed by atoms with Crippen molar-refractivity contribution in [3.63, 3.8) is 0 Å². The molecule has 0 aromatic heterocycles. The van der Waals surface area contributed by atoms with E-state index in [0.717, 1.165) is 6.42 Å². The van der Waals surface area contributed by atoms with Crippen LogP contribution in [-0.4, -0.2) is 24.7 Å². The quantitative estimate of drug-likeness (QED) is 0.336. The zero-order valence-electron chi connectivity index (χ0n) is 10.5. The predicted octanol–water partition coefficient (Wildman–Crippen LogP) is 2.47. The second-order valence-electron chi connectivity index (χ2n) is 3.72. The van der Waals surface area contributed by atoms with Gasteiger partial charge in [-0.15, -0.1) is 6.58 Å². The van der Waals surface area contributed by atoms with Gasteiger partial charge in [0.05, 0.1) is 18.1 Å². The summed E-state index contributed by atoms with van der Waals surface area (Å²) in [6, 6.07) is 6.16. The Hall–Kier alpha value is -2.39. The van der Waals surface area contributed by atoms with Crippen LogP contribution in [-0.2, 0) is 4.74 Å². The number of rotatable bonds is 8. The molecule has 19 heavy (non-hydrogen) atoms. The molecule has 6 heteroatoms. The third-order valence-corrected chi connectivity index (χ3v) is 2.36. The van der Waals surface area contributed by atoms with Gasteiger partial charge >= 0.3 is 0 Å². The van der Waals surface area contributed by atoms with E-state index in [9.17, 15) is 10.1 Å². The average Bonchev–Trinajstić information content (AvgIpc) is 2.42. The molecule has 0 heterocycles. The van der Waals surface area contributed by atoms with Gasteiger partial charge in [0, 0.05) is 18.3 Å². The first-order valence-electron chi connectivity index (χ1n) is 5.80. The number of nitro benzene ring substituents is 1. The van der Waals surface area contributed by atoms with Gasteiger partial charge < -0.3 is 10.1 Å². The number of nitro groups is 1. The van der Waals surface area contributed by atoms with Gasteiger partial charge in [-0.2, -0.15) is 5.26 Å². The molecule has 0 aliphatic heterocycles. The number of benzene rings is 1. The third kappa shape index (κ3) is 4.77. The molecule has 1 aromatic carbocycles. The van der Waals surface area contributed by atoms with Gasteiger partial charge in [0.2, 0.25) is 0 Å². The SMILES string of the molecule is C=CCCOCCNc1ccc([N+](=O)[O-])c(C#N)c1. The summed E-state index contributed by atoms with van der Waals surface area (Å²) >= 11 is 0. The fraction of sp³-hybridized carbons (Fsp3) is 0.308. The van der Waals surface area contributed by atoms with Crippen LogP contribution in [0.25, 0.3) is 0 Å². The van der Waals surface area contributed by atoms with Crippen LogP contribution in [0.3, 0.4) is 0 Å². The first-order valence-corrected chi connectivity index (χ1v) is 5.80. The lowest BCUT2D eigenvalue weighted by molar-refractivity contribution is -0.385. The van der Waals surface area contributed by atoms with Gasteiger partial charge in [0.1, 0.15) is 11.6 Å². The summed E-state index contributed by atoms with van der Waals surface area (Å²) in [5.74, 6) is 0. The first kappa shape index (κ1) is 14.7. The summed E-state index contributed by atoms with van der Waals surface area (Å²) in [4.78, 5) is 10.1. The summed E-state index contributed by atoms with van der Waals surface area (Å²) < 4.78 is 5.31. The summed E-state index contributed by atoms with van der Waals surface area (Å²) in [5.41, 5.74) is 0.521. The molecule has 6 nitrogen and oxygen atoms in total. The Labute approximate surface area is 111 Å². The number of hydrogen-bond donors (Lipinski definition) is 1. The van der Waals surface area contributed by atoms with Crippen LogP contribution in [0.1, 0.15) is 12.0 Å². The van der Waals surface area contributed by atoms with Crippen molar-refractivity contribution in [1.29, 1.82) is 5.26 Å². The molecule has 0 amide bonds. The van der Waals surface area contributed by atoms with Crippen LogP contribution in [0.15, 0.2) is 30.9 Å². The first-order chi connectivity index (χ1) is 9.19. The normalized spacial score (nSPS) is 9.63. The molecule has 0 spiro atoms. The van der Waals surface area contributed by atoms with Gasteiger partial charge in [0.15, 0.2) is 0 Å². The smallest absolute Gasteiger partial charge is 0.287 e. The Morgan fingerprint density at radius 2 is 2.32 bits per heavy atom. The number of hydrogen-bond acceptors (Lipinski definition) is 5. The number of anilines is 1. The van der Waals surface area contributed by atoms with Crippen molar-refractivity contribution in [3.05, 3.63) is 46.5 Å². The maximum Gasteiger partial charge on any atom is 0.287 e. The Morgan fingerprint density at radius 3 is 2.95 bits per heavy atom. The average molecular weight is 261 g/mol. The highest BCUT2D eigenvalue weighted by atomic mass is 16.6. The van der Waals surface area contributed by atoms with Gasteiger partial charge in [-0.1, -0.05) is 6.08 Å². The Kier molecular flexibility index (Phi) is 6.06. The van der Waals surface area contributed by atoms with Crippen LogP contribution in [0.5, 0.6) is 0 Å². The summed E-state index contributed by atoms with van der Waals surface area (Å²) in [7, 11) is 0. The number of nitrogens with one attached hydrogen (secondary N) is 1. The van der Waals surface area contributed by atoms with E-state index < -0.39 is 4.92 Å². The number of ether oxygens (including phenoxy) is 1. The molecule has 0 aliphatic rings. The van der Waals surface area contributed by atoms with Gasteiger partial charge in [-0.3, -0.25) is 10.1 Å². The van der Waals surface area contributed by atoms with Gasteiger partial charge in [-0.05, 0) is 18.6 Å². The van der Waals surface area contributed by atoms with Gasteiger partial charge in [0.25, 0.3) is 5.69 Å². The van der Waals surface area contributed by atoms with E-state index in [1.54, 1.807) is 12.1 Å². The van der Waals surface area contributed by atoms with Crippen LogP contribution in [0.2, 0.25) is 0 Å². The molecule has 1 rings (SSSR count). The summed E-state index contributed by atoms with van der Waals surface area (Å²) in [6.45, 7) is 5.30. The number of nitriles is 1. The van der Waals surface area contributed by atoms with E-state index in [1.807, 2.05) is 6.07 Å². The van der Waals surface area contributed by atoms with Crippen molar-refractivity contribution < 1.29 is 9.66 Å². The van der Waals surface area contributed by atoms with Crippen molar-refractivity contribution in [3.8, 4) is 6.07 Å². The molecular weight excluding hydrogens is 246 g/mol. The van der Waals surface area contributed by atoms with Crippen molar-refractivity contribution in [2.75, 3.05) is 25.1 Å². The molecule has 1 aromatic rings. The lowest BCUT2D eigenvalue weighted by Crippen LogP contribution is -2.10. The summed E-state index contributed by atoms with van der Waals surface area (Å²) in [5, 5.41) is 22.5. The standard InChI is InChI=1S/C13H15N3O3/c1-2-3-7-19-8-6-15-12-4-5-13(16(17)18)11(9-12)10-14/h2,4-5,9,15H,1,3,6-8H2. The van der Waals surface area contributed by atoms with E-state index in [4.69, 9.17) is 10.00 Å². The van der Waals surface area contributed by atoms with Crippen molar-refractivity contribution in [1.82, 2.24) is 0 Å². The second-order valence-corrected chi connectivity index (χ2v) is 3.72. The fourth-order valence-electron chi connectivity index (χ4n) is 1.43. The molecule has 1 N–H and O–H groups in total. The number of nitrogens with zero attached hydrogens (tertiary/aromatic N) is 2. The van der Waals surface area contributed by atoms with E-state index in [2.05, 4.69) is 11.9 Å². The highest BCUT2D eigenvalue weighted by Gasteiger charge is 2.13. The molecule has 0 fully saturated rings. The summed E-state index contributed by atoms with van der Waals surface area (Å²) in [6.07, 6.45) is 2.58. The Balaban J connectivity index is 2.49. The topological polar surface area (TPSA) is 88.2 Å². The third-order valence-electron chi connectivity index (χ3n) is 2.36. The zero-order chi connectivity index (χ0) is 14.1. The predicted molar refractivity (Wildman–Crippen MR) is 71.9 cm³/mol. The monoisotopic (exact) mass is 261 g/mol. The molecule has 0 atom stereocenters. The lowest BCUT2D eigenvalue weighted by atomic mass is 10.2. The van der Waals surface area contributed by atoms with Crippen LogP contribution >= 0.6 is 0 Å². The second kappa shape index (κ2) is 7.84. The van der Waals surface area contributed by atoms with E-state index >= 15 is 0 Å². The van der Waals surface area contributed by atoms with E-state index in [1.165, 1.54) is 12.1 Å². The Morgan fingerprint density at radius 1 is 1.53 bits per heavy atom. The van der Waals surface area contributed by atoms with Crippen molar-refractivity contribution in [2.45, 2.75) is 6.42 Å². The van der Waals surface area contributed by atoms with Crippen molar-refractivity contribution >= 4 is 11.4 Å². The molecule has 0 aliphatic carbocycles. The maximum atomic E-state index is 10.7. The minimum Gasteiger partial charge on any atom is -0.383 e. The highest BCUT2D eigenvalue weighted by molar-refractivity contribution is 5.58. The largest absolute Gasteiger partial charge is 0.383 e. The molecule has 0 saturated carbocycles. The molecule has 0 unspecified atom stereocenters. The van der Waals surface area contributed by atoms with Gasteiger partial charge in [-0.25, -0.2) is 0 Å².